The van der Waals surface area contributed by atoms with Crippen molar-refractivity contribution in [2.75, 3.05) is 19.7 Å². The molecule has 17 heavy (non-hydrogen) atoms. The lowest BCUT2D eigenvalue weighted by Gasteiger charge is -2.36. The number of amides is 1. The van der Waals surface area contributed by atoms with Gasteiger partial charge in [0.15, 0.2) is 0 Å². The third-order valence-electron chi connectivity index (χ3n) is 3.62. The molecule has 1 heterocycles. The molecule has 4 heteroatoms. The highest BCUT2D eigenvalue weighted by Crippen LogP contribution is 2.19. The second-order valence-corrected chi connectivity index (χ2v) is 4.94. The molecule has 0 radical (unpaired) electrons. The Morgan fingerprint density at radius 1 is 1.53 bits per heavy atom. The Kier molecular flexibility index (Phi) is 6.52. The zero-order chi connectivity index (χ0) is 12.7. The lowest BCUT2D eigenvalue weighted by Crippen LogP contribution is -2.48. The molecule has 1 fully saturated rings. The number of rotatable bonds is 6. The van der Waals surface area contributed by atoms with Crippen molar-refractivity contribution in [2.45, 2.75) is 58.0 Å². The predicted molar refractivity (Wildman–Crippen MR) is 68.8 cm³/mol. The van der Waals surface area contributed by atoms with Crippen molar-refractivity contribution >= 4 is 5.91 Å². The minimum absolute atomic E-state index is 0.174. The van der Waals surface area contributed by atoms with Crippen molar-refractivity contribution in [1.82, 2.24) is 10.2 Å². The van der Waals surface area contributed by atoms with Crippen LogP contribution in [0, 0.1) is 0 Å². The molecule has 0 aromatic heterocycles. The molecule has 4 nitrogen and oxygen atoms in total. The fourth-order valence-electron chi connectivity index (χ4n) is 2.29. The third-order valence-corrected chi connectivity index (χ3v) is 3.62. The summed E-state index contributed by atoms with van der Waals surface area (Å²) in [6.07, 6.45) is 5.06. The molecular weight excluding hydrogens is 216 g/mol. The van der Waals surface area contributed by atoms with Crippen LogP contribution < -0.4 is 5.32 Å². The minimum Gasteiger partial charge on any atom is -0.396 e. The Labute approximate surface area is 104 Å². The standard InChI is InChI=1S/C13H26N2O2/c1-3-11(2)14-10-13(17)15-8-5-4-6-12(15)7-9-16/h11-12,14,16H,3-10H2,1-2H3. The van der Waals surface area contributed by atoms with Gasteiger partial charge in [-0.25, -0.2) is 0 Å². The number of carbonyl (C=O) groups excluding carboxylic acids is 1. The average molecular weight is 242 g/mol. The molecule has 2 unspecified atom stereocenters. The maximum atomic E-state index is 12.1. The monoisotopic (exact) mass is 242 g/mol. The van der Waals surface area contributed by atoms with E-state index in [0.29, 0.717) is 12.6 Å². The average Bonchev–Trinajstić information content (AvgIpc) is 2.36. The van der Waals surface area contributed by atoms with Gasteiger partial charge in [-0.3, -0.25) is 4.79 Å². The van der Waals surface area contributed by atoms with Crippen LogP contribution in [0.4, 0.5) is 0 Å². The number of piperidine rings is 1. The van der Waals surface area contributed by atoms with Crippen molar-refractivity contribution < 1.29 is 9.90 Å². The first kappa shape index (κ1) is 14.5. The largest absolute Gasteiger partial charge is 0.396 e. The van der Waals surface area contributed by atoms with Gasteiger partial charge >= 0.3 is 0 Å². The van der Waals surface area contributed by atoms with Crippen LogP contribution >= 0.6 is 0 Å². The van der Waals surface area contributed by atoms with Crippen LogP contribution in [-0.4, -0.2) is 47.7 Å². The van der Waals surface area contributed by atoms with E-state index in [0.717, 1.165) is 32.2 Å². The molecule has 0 aromatic rings. The molecule has 2 atom stereocenters. The predicted octanol–water partition coefficient (Wildman–Crippen LogP) is 1.14. The molecule has 100 valence electrons. The van der Waals surface area contributed by atoms with E-state index in [9.17, 15) is 4.79 Å². The summed E-state index contributed by atoms with van der Waals surface area (Å²) in [7, 11) is 0. The number of nitrogens with zero attached hydrogens (tertiary/aromatic N) is 1. The molecule has 0 aromatic carbocycles. The van der Waals surface area contributed by atoms with Crippen LogP contribution in [0.3, 0.4) is 0 Å². The third kappa shape index (κ3) is 4.64. The van der Waals surface area contributed by atoms with Crippen molar-refractivity contribution in [3.8, 4) is 0 Å². The van der Waals surface area contributed by atoms with Gasteiger partial charge in [-0.1, -0.05) is 6.92 Å². The zero-order valence-corrected chi connectivity index (χ0v) is 11.1. The van der Waals surface area contributed by atoms with Crippen LogP contribution in [0.2, 0.25) is 0 Å². The second kappa shape index (κ2) is 7.67. The van der Waals surface area contributed by atoms with Gasteiger partial charge in [0.1, 0.15) is 0 Å². The molecule has 2 N–H and O–H groups in total. The van der Waals surface area contributed by atoms with Crippen LogP contribution in [0.15, 0.2) is 0 Å². The van der Waals surface area contributed by atoms with Crippen molar-refractivity contribution in [2.24, 2.45) is 0 Å². The van der Waals surface area contributed by atoms with Gasteiger partial charge in [0.05, 0.1) is 6.54 Å². The van der Waals surface area contributed by atoms with E-state index in [-0.39, 0.29) is 18.6 Å². The molecular formula is C13H26N2O2. The number of aliphatic hydroxyl groups excluding tert-OH is 1. The second-order valence-electron chi connectivity index (χ2n) is 4.94. The number of aliphatic hydroxyl groups is 1. The van der Waals surface area contributed by atoms with E-state index in [2.05, 4.69) is 19.2 Å². The fraction of sp³-hybridized carbons (Fsp3) is 0.923. The highest BCUT2D eigenvalue weighted by molar-refractivity contribution is 5.78. The van der Waals surface area contributed by atoms with Crippen molar-refractivity contribution in [3.05, 3.63) is 0 Å². The van der Waals surface area contributed by atoms with Crippen molar-refractivity contribution in [1.29, 1.82) is 0 Å². The van der Waals surface area contributed by atoms with Crippen LogP contribution in [0.5, 0.6) is 0 Å². The van der Waals surface area contributed by atoms with Gasteiger partial charge in [0, 0.05) is 25.2 Å². The Bertz CT molecular complexity index is 231. The lowest BCUT2D eigenvalue weighted by molar-refractivity contribution is -0.134. The van der Waals surface area contributed by atoms with Crippen molar-refractivity contribution in [3.63, 3.8) is 0 Å². The maximum Gasteiger partial charge on any atom is 0.236 e. The summed E-state index contributed by atoms with van der Waals surface area (Å²) >= 11 is 0. The van der Waals surface area contributed by atoms with E-state index in [1.54, 1.807) is 0 Å². The first-order valence-corrected chi connectivity index (χ1v) is 6.82. The number of likely N-dealkylation sites (tertiary alicyclic amines) is 1. The highest BCUT2D eigenvalue weighted by atomic mass is 16.3. The minimum atomic E-state index is 0.174. The van der Waals surface area contributed by atoms with E-state index in [1.165, 1.54) is 6.42 Å². The molecule has 1 rings (SSSR count). The Hall–Kier alpha value is -0.610. The topological polar surface area (TPSA) is 52.6 Å². The van der Waals surface area contributed by atoms with Crippen LogP contribution in [0.1, 0.15) is 46.0 Å². The lowest BCUT2D eigenvalue weighted by atomic mass is 9.99. The number of nitrogens with one attached hydrogen (secondary N) is 1. The zero-order valence-electron chi connectivity index (χ0n) is 11.1. The first-order chi connectivity index (χ1) is 8.19. The van der Waals surface area contributed by atoms with Gasteiger partial charge < -0.3 is 15.3 Å². The Balaban J connectivity index is 2.41. The highest BCUT2D eigenvalue weighted by Gasteiger charge is 2.25. The van der Waals surface area contributed by atoms with Gasteiger partial charge in [-0.05, 0) is 39.0 Å². The summed E-state index contributed by atoms with van der Waals surface area (Å²) < 4.78 is 0. The van der Waals surface area contributed by atoms with Crippen LogP contribution in [-0.2, 0) is 4.79 Å². The smallest absolute Gasteiger partial charge is 0.236 e. The van der Waals surface area contributed by atoms with E-state index in [1.807, 2.05) is 4.90 Å². The van der Waals surface area contributed by atoms with Gasteiger partial charge in [0.2, 0.25) is 5.91 Å². The van der Waals surface area contributed by atoms with E-state index < -0.39 is 0 Å². The summed E-state index contributed by atoms with van der Waals surface area (Å²) in [6, 6.07) is 0.639. The van der Waals surface area contributed by atoms with E-state index >= 15 is 0 Å². The molecule has 0 spiro atoms. The van der Waals surface area contributed by atoms with Gasteiger partial charge in [0.25, 0.3) is 0 Å². The molecule has 0 aliphatic carbocycles. The quantitative estimate of drug-likeness (QED) is 0.734. The molecule has 1 aliphatic rings. The normalized spacial score (nSPS) is 22.5. The number of hydrogen-bond acceptors (Lipinski definition) is 3. The van der Waals surface area contributed by atoms with Gasteiger partial charge in [-0.15, -0.1) is 0 Å². The van der Waals surface area contributed by atoms with E-state index in [4.69, 9.17) is 5.11 Å². The Morgan fingerprint density at radius 3 is 2.94 bits per heavy atom. The first-order valence-electron chi connectivity index (χ1n) is 6.82. The summed E-state index contributed by atoms with van der Waals surface area (Å²) in [5.74, 6) is 0.184. The van der Waals surface area contributed by atoms with Crippen LogP contribution in [0.25, 0.3) is 0 Å². The number of hydrogen-bond donors (Lipinski definition) is 2. The summed E-state index contributed by atoms with van der Waals surface area (Å²) in [5, 5.41) is 12.3. The molecule has 1 aliphatic heterocycles. The SMILES string of the molecule is CCC(C)NCC(=O)N1CCCCC1CCO. The number of carbonyl (C=O) groups is 1. The molecule has 0 saturated carbocycles. The molecule has 1 saturated heterocycles. The molecule has 1 amide bonds. The summed E-state index contributed by atoms with van der Waals surface area (Å²) in [5.41, 5.74) is 0. The fourth-order valence-corrected chi connectivity index (χ4v) is 2.29. The van der Waals surface area contributed by atoms with Gasteiger partial charge in [-0.2, -0.15) is 0 Å². The summed E-state index contributed by atoms with van der Waals surface area (Å²) in [6.45, 7) is 5.65. The maximum absolute atomic E-state index is 12.1. The summed E-state index contributed by atoms with van der Waals surface area (Å²) in [4.78, 5) is 14.0. The Morgan fingerprint density at radius 2 is 2.29 bits per heavy atom. The molecule has 0 bridgehead atoms.